The number of fused-ring (bicyclic) bond motifs is 1. The molecule has 0 spiro atoms. The molecule has 0 aliphatic heterocycles. The smallest absolute Gasteiger partial charge is 0.309 e. The van der Waals surface area contributed by atoms with Crippen LogP contribution in [0.3, 0.4) is 0 Å². The minimum Gasteiger partial charge on any atom is -0.481 e. The Morgan fingerprint density at radius 1 is 1.34 bits per heavy atom. The van der Waals surface area contributed by atoms with Crippen LogP contribution in [0.2, 0.25) is 5.15 Å². The number of aromatic nitrogens is 3. The highest BCUT2D eigenvalue weighted by atomic mass is 35.5. The fraction of sp³-hybridized carbons (Fsp3) is 0.409. The van der Waals surface area contributed by atoms with Crippen LogP contribution in [0, 0.1) is 5.41 Å². The maximum atomic E-state index is 11.9. The molecule has 0 unspecified atom stereocenters. The first-order valence-corrected chi connectivity index (χ1v) is 9.98. The molecular weight excluding hydrogens is 390 g/mol. The van der Waals surface area contributed by atoms with Gasteiger partial charge in [0, 0.05) is 31.0 Å². The number of hydrogen-bond acceptors (Lipinski definition) is 4. The van der Waals surface area contributed by atoms with Crippen LogP contribution in [0.25, 0.3) is 22.3 Å². The predicted molar refractivity (Wildman–Crippen MR) is 114 cm³/mol. The largest absolute Gasteiger partial charge is 0.481 e. The van der Waals surface area contributed by atoms with Crippen LogP contribution in [0.5, 0.6) is 0 Å². The molecule has 0 amide bonds. The molecule has 0 aliphatic carbocycles. The standard InChI is InChI=1S/C22H26ClN3O3/c1-6-26-16-9-10-17(23)25-19(16)15(12-22(3,4)21(27)28)20(26)14-8-7-11-24-18(14)13(2)29-5/h7-11,13H,6,12H2,1-5H3,(H,27,28)/t13-/m0/s1. The lowest BCUT2D eigenvalue weighted by Crippen LogP contribution is -2.26. The van der Waals surface area contributed by atoms with Crippen molar-refractivity contribution in [2.75, 3.05) is 7.11 Å². The molecule has 0 aromatic carbocycles. The molecule has 1 atom stereocenters. The number of halogens is 1. The number of aliphatic carboxylic acids is 1. The van der Waals surface area contributed by atoms with Gasteiger partial charge in [-0.1, -0.05) is 11.6 Å². The molecular formula is C22H26ClN3O3. The molecule has 7 heteroatoms. The molecule has 1 N–H and O–H groups in total. The van der Waals surface area contributed by atoms with Gasteiger partial charge in [0.05, 0.1) is 33.9 Å². The van der Waals surface area contributed by atoms with E-state index in [2.05, 4.69) is 21.5 Å². The van der Waals surface area contributed by atoms with E-state index in [1.165, 1.54) is 0 Å². The first-order valence-electron chi connectivity index (χ1n) is 9.60. The normalized spacial score (nSPS) is 13.0. The number of carboxylic acids is 1. The predicted octanol–water partition coefficient (Wildman–Crippen LogP) is 5.13. The van der Waals surface area contributed by atoms with Gasteiger partial charge in [-0.2, -0.15) is 0 Å². The zero-order valence-electron chi connectivity index (χ0n) is 17.4. The van der Waals surface area contributed by atoms with Crippen molar-refractivity contribution < 1.29 is 14.6 Å². The fourth-order valence-corrected chi connectivity index (χ4v) is 3.79. The van der Waals surface area contributed by atoms with Crippen molar-refractivity contribution in [1.82, 2.24) is 14.5 Å². The topological polar surface area (TPSA) is 77.2 Å². The summed E-state index contributed by atoms with van der Waals surface area (Å²) in [7, 11) is 1.65. The number of aryl methyl sites for hydroxylation is 1. The molecule has 3 rings (SSSR count). The molecule has 29 heavy (non-hydrogen) atoms. The van der Waals surface area contributed by atoms with Gasteiger partial charge in [-0.15, -0.1) is 0 Å². The van der Waals surface area contributed by atoms with Crippen LogP contribution < -0.4 is 0 Å². The van der Waals surface area contributed by atoms with E-state index in [1.807, 2.05) is 25.1 Å². The Balaban J connectivity index is 2.40. The van der Waals surface area contributed by atoms with Gasteiger partial charge in [-0.05, 0) is 58.4 Å². The average Bonchev–Trinajstić information content (AvgIpc) is 2.99. The zero-order chi connectivity index (χ0) is 21.3. The summed E-state index contributed by atoms with van der Waals surface area (Å²) < 4.78 is 7.69. The van der Waals surface area contributed by atoms with Crippen molar-refractivity contribution in [1.29, 1.82) is 0 Å². The van der Waals surface area contributed by atoms with Gasteiger partial charge in [0.25, 0.3) is 0 Å². The summed E-state index contributed by atoms with van der Waals surface area (Å²) in [6.45, 7) is 8.14. The van der Waals surface area contributed by atoms with Gasteiger partial charge in [-0.3, -0.25) is 9.78 Å². The van der Waals surface area contributed by atoms with E-state index in [-0.39, 0.29) is 6.10 Å². The summed E-state index contributed by atoms with van der Waals surface area (Å²) in [5.41, 5.74) is 4.15. The molecule has 0 radical (unpaired) electrons. The number of pyridine rings is 2. The molecule has 0 fully saturated rings. The average molecular weight is 416 g/mol. The number of rotatable bonds is 7. The van der Waals surface area contributed by atoms with Gasteiger partial charge in [0.15, 0.2) is 0 Å². The second kappa shape index (κ2) is 8.13. The summed E-state index contributed by atoms with van der Waals surface area (Å²) in [5.74, 6) is -0.862. The van der Waals surface area contributed by atoms with Gasteiger partial charge in [0.1, 0.15) is 5.15 Å². The maximum absolute atomic E-state index is 11.9. The highest BCUT2D eigenvalue weighted by Crippen LogP contribution is 2.40. The summed E-state index contributed by atoms with van der Waals surface area (Å²) in [4.78, 5) is 21.0. The van der Waals surface area contributed by atoms with Crippen molar-refractivity contribution in [3.63, 3.8) is 0 Å². The molecule has 3 aromatic rings. The van der Waals surface area contributed by atoms with Gasteiger partial charge in [-0.25, -0.2) is 4.98 Å². The Hall–Kier alpha value is -2.44. The van der Waals surface area contributed by atoms with E-state index in [4.69, 9.17) is 16.3 Å². The molecule has 6 nitrogen and oxygen atoms in total. The number of carboxylic acid groups (broad SMARTS) is 1. The van der Waals surface area contributed by atoms with Crippen molar-refractivity contribution in [2.45, 2.75) is 46.8 Å². The minimum absolute atomic E-state index is 0.216. The lowest BCUT2D eigenvalue weighted by molar-refractivity contribution is -0.146. The summed E-state index contributed by atoms with van der Waals surface area (Å²) in [5, 5.41) is 10.1. The first kappa shape index (κ1) is 21.3. The van der Waals surface area contributed by atoms with E-state index in [0.717, 1.165) is 33.5 Å². The van der Waals surface area contributed by atoms with Crippen molar-refractivity contribution in [3.05, 3.63) is 46.9 Å². The van der Waals surface area contributed by atoms with Gasteiger partial charge >= 0.3 is 5.97 Å². The van der Waals surface area contributed by atoms with Crippen LogP contribution in [0.1, 0.15) is 45.1 Å². The van der Waals surface area contributed by atoms with Crippen LogP contribution in [-0.4, -0.2) is 32.7 Å². The lowest BCUT2D eigenvalue weighted by Gasteiger charge is -2.21. The van der Waals surface area contributed by atoms with Crippen LogP contribution in [0.4, 0.5) is 0 Å². The van der Waals surface area contributed by atoms with E-state index >= 15 is 0 Å². The Morgan fingerprint density at radius 2 is 2.07 bits per heavy atom. The molecule has 154 valence electrons. The van der Waals surface area contributed by atoms with E-state index in [9.17, 15) is 9.90 Å². The lowest BCUT2D eigenvalue weighted by atomic mass is 9.84. The second-order valence-corrected chi connectivity index (χ2v) is 8.14. The molecule has 0 saturated carbocycles. The third-order valence-corrected chi connectivity index (χ3v) is 5.53. The maximum Gasteiger partial charge on any atom is 0.309 e. The summed E-state index contributed by atoms with van der Waals surface area (Å²) in [6.07, 6.45) is 1.83. The zero-order valence-corrected chi connectivity index (χ0v) is 18.1. The number of hydrogen-bond donors (Lipinski definition) is 1. The quantitative estimate of drug-likeness (QED) is 0.541. The van der Waals surface area contributed by atoms with Crippen molar-refractivity contribution in [3.8, 4) is 11.3 Å². The van der Waals surface area contributed by atoms with Crippen molar-refractivity contribution in [2.24, 2.45) is 5.41 Å². The van der Waals surface area contributed by atoms with Crippen LogP contribution in [0.15, 0.2) is 30.5 Å². The van der Waals surface area contributed by atoms with Crippen LogP contribution in [-0.2, 0) is 22.5 Å². The minimum atomic E-state index is -0.971. The monoisotopic (exact) mass is 415 g/mol. The molecule has 0 aliphatic rings. The Labute approximate surface area is 175 Å². The third kappa shape index (κ3) is 3.87. The van der Waals surface area contributed by atoms with Gasteiger partial charge < -0.3 is 14.4 Å². The van der Waals surface area contributed by atoms with E-state index < -0.39 is 11.4 Å². The first-order chi connectivity index (χ1) is 13.7. The molecule has 0 bridgehead atoms. The Morgan fingerprint density at radius 3 is 2.69 bits per heavy atom. The Kier molecular flexibility index (Phi) is 5.96. The van der Waals surface area contributed by atoms with Crippen LogP contribution >= 0.6 is 11.6 Å². The number of methoxy groups -OCH3 is 1. The summed E-state index contributed by atoms with van der Waals surface area (Å²) in [6, 6.07) is 7.57. The SMILES string of the molecule is CCn1c(-c2cccnc2[C@H](C)OC)c(CC(C)(C)C(=O)O)c2nc(Cl)ccc21. The van der Waals surface area contributed by atoms with E-state index in [1.54, 1.807) is 33.2 Å². The Bertz CT molecular complexity index is 1060. The van der Waals surface area contributed by atoms with Gasteiger partial charge in [0.2, 0.25) is 0 Å². The highest BCUT2D eigenvalue weighted by Gasteiger charge is 2.32. The number of ether oxygens (including phenoxy) is 1. The third-order valence-electron chi connectivity index (χ3n) is 5.32. The number of nitrogens with zero attached hydrogens (tertiary/aromatic N) is 3. The number of carbonyl (C=O) groups is 1. The fourth-order valence-electron chi connectivity index (χ4n) is 3.64. The molecule has 0 saturated heterocycles. The second-order valence-electron chi connectivity index (χ2n) is 7.75. The highest BCUT2D eigenvalue weighted by molar-refractivity contribution is 6.29. The van der Waals surface area contributed by atoms with Crippen molar-refractivity contribution >= 4 is 28.6 Å². The molecule has 3 aromatic heterocycles. The molecule has 3 heterocycles. The van der Waals surface area contributed by atoms with E-state index in [0.29, 0.717) is 18.1 Å². The summed E-state index contributed by atoms with van der Waals surface area (Å²) >= 11 is 6.21.